The number of fused-ring (bicyclic) bond motifs is 3. The Labute approximate surface area is 103 Å². The zero-order valence-corrected chi connectivity index (χ0v) is 10.4. The molecule has 0 spiro atoms. The summed E-state index contributed by atoms with van der Waals surface area (Å²) in [5.74, 6) is 1.40. The van der Waals surface area contributed by atoms with Crippen LogP contribution in [0, 0.1) is 11.8 Å². The van der Waals surface area contributed by atoms with Crippen LogP contribution < -0.4 is 11.1 Å². The van der Waals surface area contributed by atoms with E-state index in [0.717, 1.165) is 18.9 Å². The molecule has 1 amide bonds. The third-order valence-corrected chi connectivity index (χ3v) is 3.88. The largest absolute Gasteiger partial charge is 0.353 e. The highest BCUT2D eigenvalue weighted by atomic mass is 16.1. The summed E-state index contributed by atoms with van der Waals surface area (Å²) >= 11 is 0. The van der Waals surface area contributed by atoms with Gasteiger partial charge in [0.1, 0.15) is 0 Å². The molecule has 0 aromatic carbocycles. The van der Waals surface area contributed by atoms with E-state index < -0.39 is 0 Å². The van der Waals surface area contributed by atoms with Gasteiger partial charge in [0.05, 0.1) is 0 Å². The maximum absolute atomic E-state index is 11.5. The number of piperidine rings is 3. The molecular weight excluding hydrogens is 214 g/mol. The van der Waals surface area contributed by atoms with Crippen molar-refractivity contribution in [2.45, 2.75) is 19.3 Å². The van der Waals surface area contributed by atoms with E-state index in [1.54, 1.807) is 6.08 Å². The lowest BCUT2D eigenvalue weighted by Gasteiger charge is -2.43. The number of nitrogens with zero attached hydrogens (tertiary/aromatic N) is 1. The Morgan fingerprint density at radius 1 is 1.41 bits per heavy atom. The van der Waals surface area contributed by atoms with Gasteiger partial charge in [0.2, 0.25) is 5.91 Å². The molecule has 1 unspecified atom stereocenters. The number of carbonyl (C=O) groups is 1. The molecule has 0 radical (unpaired) electrons. The molecule has 2 bridgehead atoms. The molecule has 0 aromatic heterocycles. The molecule has 17 heavy (non-hydrogen) atoms. The Bertz CT molecular complexity index is 282. The lowest BCUT2D eigenvalue weighted by atomic mass is 9.79. The van der Waals surface area contributed by atoms with Crippen molar-refractivity contribution in [2.75, 3.05) is 32.7 Å². The van der Waals surface area contributed by atoms with Crippen molar-refractivity contribution in [1.29, 1.82) is 0 Å². The first kappa shape index (κ1) is 12.6. The second-order valence-corrected chi connectivity index (χ2v) is 5.09. The van der Waals surface area contributed by atoms with Crippen LogP contribution in [0.2, 0.25) is 0 Å². The second-order valence-electron chi connectivity index (χ2n) is 5.09. The molecule has 3 aliphatic rings. The van der Waals surface area contributed by atoms with Crippen LogP contribution in [0.15, 0.2) is 12.2 Å². The second kappa shape index (κ2) is 6.17. The van der Waals surface area contributed by atoms with Crippen LogP contribution in [0.25, 0.3) is 0 Å². The van der Waals surface area contributed by atoms with Crippen LogP contribution in [-0.4, -0.2) is 43.5 Å². The van der Waals surface area contributed by atoms with Crippen LogP contribution in [0.3, 0.4) is 0 Å². The van der Waals surface area contributed by atoms with Crippen molar-refractivity contribution in [3.8, 4) is 0 Å². The molecule has 0 saturated carbocycles. The molecule has 3 fully saturated rings. The minimum Gasteiger partial charge on any atom is -0.353 e. The fourth-order valence-electron chi connectivity index (χ4n) is 2.81. The molecule has 4 nitrogen and oxygen atoms in total. The average Bonchev–Trinajstić information content (AvgIpc) is 2.38. The molecule has 1 atom stereocenters. The van der Waals surface area contributed by atoms with Crippen LogP contribution in [0.1, 0.15) is 19.3 Å². The van der Waals surface area contributed by atoms with Gasteiger partial charge in [-0.05, 0) is 56.8 Å². The van der Waals surface area contributed by atoms with Crippen molar-refractivity contribution in [2.24, 2.45) is 17.6 Å². The standard InChI is InChI=1S/C13H23N3O/c14-6-1-7-15-13(17)3-2-12-10-16-8-4-11(12)5-9-16/h2-3,11-12H,1,4-10,14H2,(H,15,17)/b3-2+. The normalized spacial score (nSPS) is 31.9. The summed E-state index contributed by atoms with van der Waals surface area (Å²) in [4.78, 5) is 14.0. The fourth-order valence-corrected chi connectivity index (χ4v) is 2.81. The zero-order chi connectivity index (χ0) is 12.1. The predicted octanol–water partition coefficient (Wildman–Crippen LogP) is 0.349. The zero-order valence-electron chi connectivity index (χ0n) is 10.4. The molecule has 3 saturated heterocycles. The Morgan fingerprint density at radius 3 is 2.76 bits per heavy atom. The van der Waals surface area contributed by atoms with Gasteiger partial charge in [-0.15, -0.1) is 0 Å². The minimum atomic E-state index is 0.0231. The van der Waals surface area contributed by atoms with E-state index in [1.807, 2.05) is 0 Å². The van der Waals surface area contributed by atoms with E-state index in [9.17, 15) is 4.79 Å². The lowest BCUT2D eigenvalue weighted by Crippen LogP contribution is -2.46. The van der Waals surface area contributed by atoms with Gasteiger partial charge in [-0.25, -0.2) is 0 Å². The molecule has 0 aromatic rings. The number of nitrogens with one attached hydrogen (secondary N) is 1. The fraction of sp³-hybridized carbons (Fsp3) is 0.769. The van der Waals surface area contributed by atoms with E-state index >= 15 is 0 Å². The van der Waals surface area contributed by atoms with Gasteiger partial charge in [-0.2, -0.15) is 0 Å². The summed E-state index contributed by atoms with van der Waals surface area (Å²) in [6, 6.07) is 0. The maximum Gasteiger partial charge on any atom is 0.243 e. The first-order chi connectivity index (χ1) is 8.29. The minimum absolute atomic E-state index is 0.0231. The topological polar surface area (TPSA) is 58.4 Å². The molecular formula is C13H23N3O. The van der Waals surface area contributed by atoms with Crippen molar-refractivity contribution >= 4 is 5.91 Å². The number of hydrogen-bond acceptors (Lipinski definition) is 3. The number of rotatable bonds is 5. The summed E-state index contributed by atoms with van der Waals surface area (Å²) in [5, 5.41) is 2.85. The summed E-state index contributed by atoms with van der Waals surface area (Å²) in [7, 11) is 0. The average molecular weight is 237 g/mol. The molecule has 4 heteroatoms. The maximum atomic E-state index is 11.5. The third kappa shape index (κ3) is 3.54. The van der Waals surface area contributed by atoms with Crippen LogP contribution in [0.5, 0.6) is 0 Å². The van der Waals surface area contributed by atoms with Gasteiger partial charge < -0.3 is 16.0 Å². The van der Waals surface area contributed by atoms with Crippen molar-refractivity contribution < 1.29 is 4.79 Å². The van der Waals surface area contributed by atoms with Gasteiger partial charge in [-0.3, -0.25) is 4.79 Å². The number of carbonyl (C=O) groups excluding carboxylic acids is 1. The molecule has 3 N–H and O–H groups in total. The summed E-state index contributed by atoms with van der Waals surface area (Å²) in [6.07, 6.45) is 7.25. The van der Waals surface area contributed by atoms with Gasteiger partial charge in [-0.1, -0.05) is 6.08 Å². The van der Waals surface area contributed by atoms with Gasteiger partial charge >= 0.3 is 0 Å². The molecule has 0 aliphatic carbocycles. The Hall–Kier alpha value is -0.870. The molecule has 3 rings (SSSR count). The van der Waals surface area contributed by atoms with E-state index in [4.69, 9.17) is 5.73 Å². The molecule has 3 heterocycles. The smallest absolute Gasteiger partial charge is 0.243 e. The van der Waals surface area contributed by atoms with Crippen molar-refractivity contribution in [3.63, 3.8) is 0 Å². The van der Waals surface area contributed by atoms with E-state index in [2.05, 4.69) is 16.3 Å². The SMILES string of the molecule is NCCCNC(=O)/C=C/C1CN2CCC1CC2. The van der Waals surface area contributed by atoms with Crippen LogP contribution >= 0.6 is 0 Å². The van der Waals surface area contributed by atoms with Crippen LogP contribution in [-0.2, 0) is 4.79 Å². The Balaban J connectivity index is 1.74. The number of nitrogens with two attached hydrogens (primary N) is 1. The quantitative estimate of drug-likeness (QED) is 0.536. The van der Waals surface area contributed by atoms with Crippen molar-refractivity contribution in [1.82, 2.24) is 10.2 Å². The van der Waals surface area contributed by atoms with E-state index in [-0.39, 0.29) is 5.91 Å². The van der Waals surface area contributed by atoms with Gasteiger partial charge in [0.25, 0.3) is 0 Å². The van der Waals surface area contributed by atoms with Gasteiger partial charge in [0.15, 0.2) is 0 Å². The predicted molar refractivity (Wildman–Crippen MR) is 68.5 cm³/mol. The van der Waals surface area contributed by atoms with Crippen molar-refractivity contribution in [3.05, 3.63) is 12.2 Å². The first-order valence-electron chi connectivity index (χ1n) is 6.68. The highest BCUT2D eigenvalue weighted by molar-refractivity contribution is 5.87. The number of hydrogen-bond donors (Lipinski definition) is 2. The molecule has 3 aliphatic heterocycles. The van der Waals surface area contributed by atoms with Crippen LogP contribution in [0.4, 0.5) is 0 Å². The summed E-state index contributed by atoms with van der Waals surface area (Å²) < 4.78 is 0. The Morgan fingerprint density at radius 2 is 2.18 bits per heavy atom. The van der Waals surface area contributed by atoms with E-state index in [0.29, 0.717) is 19.0 Å². The lowest BCUT2D eigenvalue weighted by molar-refractivity contribution is -0.116. The monoisotopic (exact) mass is 237 g/mol. The first-order valence-corrected chi connectivity index (χ1v) is 6.68. The highest BCUT2D eigenvalue weighted by Crippen LogP contribution is 2.32. The number of amides is 1. The Kier molecular flexibility index (Phi) is 4.57. The summed E-state index contributed by atoms with van der Waals surface area (Å²) in [6.45, 7) is 4.94. The highest BCUT2D eigenvalue weighted by Gasteiger charge is 2.32. The third-order valence-electron chi connectivity index (χ3n) is 3.88. The summed E-state index contributed by atoms with van der Waals surface area (Å²) in [5.41, 5.74) is 5.37. The van der Waals surface area contributed by atoms with Gasteiger partial charge in [0, 0.05) is 13.1 Å². The van der Waals surface area contributed by atoms with E-state index in [1.165, 1.54) is 25.9 Å². The molecule has 96 valence electrons.